The fourth-order valence-electron chi connectivity index (χ4n) is 2.41. The van der Waals surface area contributed by atoms with Crippen LogP contribution in [0.2, 0.25) is 0 Å². The van der Waals surface area contributed by atoms with Crippen molar-refractivity contribution in [3.8, 4) is 5.75 Å². The van der Waals surface area contributed by atoms with E-state index in [-0.39, 0.29) is 11.6 Å². The summed E-state index contributed by atoms with van der Waals surface area (Å²) < 4.78 is 10.4. The number of carbonyl (C=O) groups excluding carboxylic acids is 2. The molecule has 2 aromatic carbocycles. The average molecular weight is 401 g/mol. The van der Waals surface area contributed by atoms with Gasteiger partial charge in [-0.2, -0.15) is 0 Å². The van der Waals surface area contributed by atoms with Crippen LogP contribution in [0.1, 0.15) is 23.7 Å². The molecule has 2 amide bonds. The zero-order valence-electron chi connectivity index (χ0n) is 16.2. The molecule has 0 heterocycles. The Bertz CT molecular complexity index is 854. The summed E-state index contributed by atoms with van der Waals surface area (Å²) in [5.74, 6) is -0.323. The molecule has 1 unspecified atom stereocenters. The summed E-state index contributed by atoms with van der Waals surface area (Å²) in [5, 5.41) is 16.1. The summed E-state index contributed by atoms with van der Waals surface area (Å²) >= 11 is 0. The van der Waals surface area contributed by atoms with Crippen molar-refractivity contribution < 1.29 is 24.0 Å². The maximum absolute atomic E-state index is 12.4. The second-order valence-corrected chi connectivity index (χ2v) is 6.18. The lowest BCUT2D eigenvalue weighted by Crippen LogP contribution is -2.30. The number of carbonyl (C=O) groups is 2. The molecule has 2 rings (SSSR count). The maximum atomic E-state index is 12.4. The third-order valence-electron chi connectivity index (χ3n) is 3.93. The third-order valence-corrected chi connectivity index (χ3v) is 3.93. The Labute approximate surface area is 168 Å². The molecule has 0 bridgehead atoms. The van der Waals surface area contributed by atoms with Crippen LogP contribution in [0.15, 0.2) is 48.5 Å². The van der Waals surface area contributed by atoms with E-state index in [2.05, 4.69) is 10.6 Å². The second kappa shape index (κ2) is 10.8. The molecule has 1 atom stereocenters. The molecule has 2 aromatic rings. The van der Waals surface area contributed by atoms with Crippen molar-refractivity contribution in [1.82, 2.24) is 5.32 Å². The zero-order chi connectivity index (χ0) is 21.2. The van der Waals surface area contributed by atoms with E-state index < -0.39 is 16.9 Å². The van der Waals surface area contributed by atoms with Crippen LogP contribution in [0, 0.1) is 10.1 Å². The topological polar surface area (TPSA) is 120 Å². The molecule has 0 aromatic heterocycles. The van der Waals surface area contributed by atoms with Gasteiger partial charge in [-0.05, 0) is 43.7 Å². The van der Waals surface area contributed by atoms with Crippen molar-refractivity contribution in [2.24, 2.45) is 0 Å². The molecule has 9 nitrogen and oxygen atoms in total. The lowest BCUT2D eigenvalue weighted by Gasteiger charge is -2.15. The molecule has 2 N–H and O–H groups in total. The van der Waals surface area contributed by atoms with Crippen LogP contribution in [0.3, 0.4) is 0 Å². The Morgan fingerprint density at radius 3 is 2.55 bits per heavy atom. The lowest BCUT2D eigenvalue weighted by molar-refractivity contribution is -0.384. The standard InChI is InChI=1S/C20H23N3O6/c1-14(29-18-9-7-17(8-10-18)23(26)27)19(24)22-16-6-3-5-15(13-16)20(25)21-11-4-12-28-2/h3,5-10,13-14H,4,11-12H2,1-2H3,(H,21,25)(H,22,24). The number of non-ortho nitro benzene ring substituents is 1. The number of hydrogen-bond donors (Lipinski definition) is 2. The number of hydrogen-bond acceptors (Lipinski definition) is 6. The van der Waals surface area contributed by atoms with Crippen LogP contribution in [0.25, 0.3) is 0 Å². The Balaban J connectivity index is 1.92. The van der Waals surface area contributed by atoms with Crippen molar-refractivity contribution in [2.45, 2.75) is 19.4 Å². The van der Waals surface area contributed by atoms with Crippen molar-refractivity contribution >= 4 is 23.2 Å². The molecular weight excluding hydrogens is 378 g/mol. The molecular formula is C20H23N3O6. The fourth-order valence-corrected chi connectivity index (χ4v) is 2.41. The summed E-state index contributed by atoms with van der Waals surface area (Å²) in [5.41, 5.74) is 0.814. The zero-order valence-corrected chi connectivity index (χ0v) is 16.2. The first kappa shape index (κ1) is 21.8. The van der Waals surface area contributed by atoms with Crippen LogP contribution < -0.4 is 15.4 Å². The quantitative estimate of drug-likeness (QED) is 0.359. The molecule has 0 aliphatic carbocycles. The van der Waals surface area contributed by atoms with E-state index in [0.29, 0.717) is 36.6 Å². The Hall–Kier alpha value is -3.46. The normalized spacial score (nSPS) is 11.4. The van der Waals surface area contributed by atoms with Gasteiger partial charge in [0.25, 0.3) is 17.5 Å². The number of amides is 2. The van der Waals surface area contributed by atoms with Crippen molar-refractivity contribution in [2.75, 3.05) is 25.6 Å². The highest BCUT2D eigenvalue weighted by Crippen LogP contribution is 2.19. The fraction of sp³-hybridized carbons (Fsp3) is 0.300. The van der Waals surface area contributed by atoms with Crippen molar-refractivity contribution in [1.29, 1.82) is 0 Å². The molecule has 154 valence electrons. The first-order valence-corrected chi connectivity index (χ1v) is 9.00. The SMILES string of the molecule is COCCCNC(=O)c1cccc(NC(=O)C(C)Oc2ccc([N+](=O)[O-])cc2)c1. The highest BCUT2D eigenvalue weighted by Gasteiger charge is 2.16. The predicted molar refractivity (Wildman–Crippen MR) is 107 cm³/mol. The van der Waals surface area contributed by atoms with E-state index in [0.717, 1.165) is 0 Å². The van der Waals surface area contributed by atoms with Gasteiger partial charge in [0.05, 0.1) is 4.92 Å². The lowest BCUT2D eigenvalue weighted by atomic mass is 10.2. The number of nitrogens with one attached hydrogen (secondary N) is 2. The van der Waals surface area contributed by atoms with Gasteiger partial charge >= 0.3 is 0 Å². The summed E-state index contributed by atoms with van der Waals surface area (Å²) in [6.07, 6.45) is -0.140. The van der Waals surface area contributed by atoms with Crippen molar-refractivity contribution in [3.05, 3.63) is 64.2 Å². The van der Waals surface area contributed by atoms with Gasteiger partial charge in [0.2, 0.25) is 0 Å². The number of nitro groups is 1. The van der Waals surface area contributed by atoms with Gasteiger partial charge in [0, 0.05) is 43.6 Å². The summed E-state index contributed by atoms with van der Waals surface area (Å²) in [4.78, 5) is 34.7. The minimum Gasteiger partial charge on any atom is -0.481 e. The van der Waals surface area contributed by atoms with Crippen molar-refractivity contribution in [3.63, 3.8) is 0 Å². The van der Waals surface area contributed by atoms with E-state index in [4.69, 9.17) is 9.47 Å². The summed E-state index contributed by atoms with van der Waals surface area (Å²) in [6, 6.07) is 12.0. The Kier molecular flexibility index (Phi) is 8.11. The van der Waals surface area contributed by atoms with E-state index in [1.165, 1.54) is 24.3 Å². The maximum Gasteiger partial charge on any atom is 0.269 e. The van der Waals surface area contributed by atoms with E-state index in [1.807, 2.05) is 0 Å². The average Bonchev–Trinajstić information content (AvgIpc) is 2.71. The summed E-state index contributed by atoms with van der Waals surface area (Å²) in [7, 11) is 1.60. The molecule has 0 radical (unpaired) electrons. The first-order chi connectivity index (χ1) is 13.9. The van der Waals surface area contributed by atoms with Crippen LogP contribution >= 0.6 is 0 Å². The molecule has 29 heavy (non-hydrogen) atoms. The molecule has 0 aliphatic heterocycles. The van der Waals surface area contributed by atoms with Gasteiger partial charge in [-0.1, -0.05) is 6.07 Å². The Morgan fingerprint density at radius 1 is 1.17 bits per heavy atom. The largest absolute Gasteiger partial charge is 0.481 e. The number of ether oxygens (including phenoxy) is 2. The highest BCUT2D eigenvalue weighted by molar-refractivity contribution is 5.98. The number of rotatable bonds is 10. The van der Waals surface area contributed by atoms with E-state index >= 15 is 0 Å². The smallest absolute Gasteiger partial charge is 0.269 e. The van der Waals surface area contributed by atoms with Crippen LogP contribution in [0.5, 0.6) is 5.75 Å². The molecule has 9 heteroatoms. The highest BCUT2D eigenvalue weighted by atomic mass is 16.6. The number of nitrogens with zero attached hydrogens (tertiary/aromatic N) is 1. The van der Waals surface area contributed by atoms with Gasteiger partial charge < -0.3 is 20.1 Å². The molecule has 0 spiro atoms. The number of nitro benzene ring substituents is 1. The molecule has 0 saturated carbocycles. The number of benzene rings is 2. The second-order valence-electron chi connectivity index (χ2n) is 6.18. The summed E-state index contributed by atoms with van der Waals surface area (Å²) in [6.45, 7) is 2.61. The number of anilines is 1. The minimum atomic E-state index is -0.844. The van der Waals surface area contributed by atoms with Crippen LogP contribution in [-0.4, -0.2) is 43.1 Å². The molecule has 0 fully saturated rings. The van der Waals surface area contributed by atoms with Gasteiger partial charge in [0.15, 0.2) is 6.10 Å². The van der Waals surface area contributed by atoms with E-state index in [9.17, 15) is 19.7 Å². The minimum absolute atomic E-state index is 0.0632. The van der Waals surface area contributed by atoms with E-state index in [1.54, 1.807) is 38.3 Å². The van der Waals surface area contributed by atoms with Crippen LogP contribution in [0.4, 0.5) is 11.4 Å². The first-order valence-electron chi connectivity index (χ1n) is 9.00. The van der Waals surface area contributed by atoms with Crippen LogP contribution in [-0.2, 0) is 9.53 Å². The van der Waals surface area contributed by atoms with Gasteiger partial charge in [0.1, 0.15) is 5.75 Å². The monoisotopic (exact) mass is 401 g/mol. The van der Waals surface area contributed by atoms with Gasteiger partial charge in [-0.25, -0.2) is 0 Å². The van der Waals surface area contributed by atoms with Gasteiger partial charge in [-0.3, -0.25) is 19.7 Å². The third kappa shape index (κ3) is 6.89. The predicted octanol–water partition coefficient (Wildman–Crippen LogP) is 2.77. The Morgan fingerprint density at radius 2 is 1.90 bits per heavy atom. The van der Waals surface area contributed by atoms with Gasteiger partial charge in [-0.15, -0.1) is 0 Å². The molecule has 0 saturated heterocycles. The molecule has 0 aliphatic rings. The number of methoxy groups -OCH3 is 1.